The van der Waals surface area contributed by atoms with E-state index in [9.17, 15) is 4.79 Å². The van der Waals surface area contributed by atoms with Gasteiger partial charge in [0.2, 0.25) is 5.91 Å². The summed E-state index contributed by atoms with van der Waals surface area (Å²) in [7, 11) is 0. The molecule has 0 saturated heterocycles. The lowest BCUT2D eigenvalue weighted by molar-refractivity contribution is -0.121. The van der Waals surface area contributed by atoms with Crippen molar-refractivity contribution >= 4 is 27.5 Å². The number of carbonyl (C=O) groups is 1. The van der Waals surface area contributed by atoms with Crippen LogP contribution in [0.5, 0.6) is 0 Å². The monoisotopic (exact) mass is 260 g/mol. The van der Waals surface area contributed by atoms with Gasteiger partial charge in [0.1, 0.15) is 0 Å². The summed E-state index contributed by atoms with van der Waals surface area (Å²) >= 11 is 1.66. The lowest BCUT2D eigenvalue weighted by Crippen LogP contribution is -2.24. The van der Waals surface area contributed by atoms with Crippen LogP contribution in [-0.2, 0) is 11.2 Å². The van der Waals surface area contributed by atoms with Crippen molar-refractivity contribution in [1.29, 1.82) is 0 Å². The predicted molar refractivity (Wildman–Crippen MR) is 75.8 cm³/mol. The Labute approximate surface area is 111 Å². The molecule has 0 saturated carbocycles. The molecule has 0 aliphatic carbocycles. The van der Waals surface area contributed by atoms with Crippen LogP contribution in [0.15, 0.2) is 36.9 Å². The van der Waals surface area contributed by atoms with Gasteiger partial charge in [0.15, 0.2) is 0 Å². The molecule has 0 radical (unpaired) electrons. The number of amides is 1. The average molecular weight is 260 g/mol. The molecule has 2 rings (SSSR count). The quantitative estimate of drug-likeness (QED) is 0.641. The number of para-hydroxylation sites is 1. The van der Waals surface area contributed by atoms with Gasteiger partial charge in [-0.1, -0.05) is 18.2 Å². The summed E-state index contributed by atoms with van der Waals surface area (Å²) in [5.41, 5.74) is 1.02. The molecule has 0 spiro atoms. The number of aromatic nitrogens is 1. The van der Waals surface area contributed by atoms with Crippen LogP contribution in [0.2, 0.25) is 0 Å². The summed E-state index contributed by atoms with van der Waals surface area (Å²) in [5.74, 6) is 0.0797. The standard InChI is InChI=1S/C14H16N2OS/c1-2-3-10-15-13(17)8-9-14-16-11-6-4-5-7-12(11)18-14/h2,4-7H,1,3,8-10H2,(H,15,17). The smallest absolute Gasteiger partial charge is 0.220 e. The molecular weight excluding hydrogens is 244 g/mol. The minimum atomic E-state index is 0.0797. The molecule has 3 nitrogen and oxygen atoms in total. The molecule has 0 aliphatic rings. The van der Waals surface area contributed by atoms with E-state index in [1.807, 2.05) is 18.2 Å². The fourth-order valence-electron chi connectivity index (χ4n) is 1.65. The normalized spacial score (nSPS) is 10.4. The Morgan fingerprint density at radius 2 is 2.28 bits per heavy atom. The Hall–Kier alpha value is -1.68. The van der Waals surface area contributed by atoms with Gasteiger partial charge in [-0.15, -0.1) is 17.9 Å². The first-order chi connectivity index (χ1) is 8.79. The fraction of sp³-hybridized carbons (Fsp3) is 0.286. The predicted octanol–water partition coefficient (Wildman–Crippen LogP) is 2.92. The molecule has 1 N–H and O–H groups in total. The van der Waals surface area contributed by atoms with E-state index in [4.69, 9.17) is 0 Å². The highest BCUT2D eigenvalue weighted by molar-refractivity contribution is 7.18. The van der Waals surface area contributed by atoms with Gasteiger partial charge in [0.25, 0.3) is 0 Å². The van der Waals surface area contributed by atoms with Crippen molar-refractivity contribution in [2.24, 2.45) is 0 Å². The second-order valence-corrected chi connectivity index (χ2v) is 5.12. The fourth-order valence-corrected chi connectivity index (χ4v) is 2.62. The third kappa shape index (κ3) is 3.40. The lowest BCUT2D eigenvalue weighted by Gasteiger charge is -2.01. The molecule has 94 valence electrons. The van der Waals surface area contributed by atoms with Crippen LogP contribution < -0.4 is 5.32 Å². The molecule has 0 aliphatic heterocycles. The van der Waals surface area contributed by atoms with Crippen LogP contribution in [0.1, 0.15) is 17.8 Å². The third-order valence-electron chi connectivity index (χ3n) is 2.57. The second kappa shape index (κ2) is 6.31. The molecule has 1 amide bonds. The summed E-state index contributed by atoms with van der Waals surface area (Å²) in [6.07, 6.45) is 3.82. The SMILES string of the molecule is C=CCCNC(=O)CCc1nc2ccccc2s1. The first-order valence-corrected chi connectivity index (χ1v) is 6.83. The maximum Gasteiger partial charge on any atom is 0.220 e. The first-order valence-electron chi connectivity index (χ1n) is 6.01. The van der Waals surface area contributed by atoms with Gasteiger partial charge in [-0.05, 0) is 18.6 Å². The highest BCUT2D eigenvalue weighted by Gasteiger charge is 2.06. The van der Waals surface area contributed by atoms with Gasteiger partial charge >= 0.3 is 0 Å². The van der Waals surface area contributed by atoms with E-state index in [0.29, 0.717) is 19.4 Å². The number of nitrogens with zero attached hydrogens (tertiary/aromatic N) is 1. The van der Waals surface area contributed by atoms with E-state index in [0.717, 1.165) is 16.9 Å². The van der Waals surface area contributed by atoms with Crippen LogP contribution in [0.4, 0.5) is 0 Å². The summed E-state index contributed by atoms with van der Waals surface area (Å²) in [6, 6.07) is 8.04. The maximum atomic E-state index is 11.5. The number of benzene rings is 1. The van der Waals surface area contributed by atoms with Gasteiger partial charge in [-0.25, -0.2) is 4.98 Å². The van der Waals surface area contributed by atoms with Crippen molar-refractivity contribution in [3.8, 4) is 0 Å². The zero-order valence-corrected chi connectivity index (χ0v) is 11.0. The average Bonchev–Trinajstić information content (AvgIpc) is 2.79. The number of carbonyl (C=O) groups excluding carboxylic acids is 1. The third-order valence-corrected chi connectivity index (χ3v) is 3.67. The molecule has 2 aromatic rings. The molecular formula is C14H16N2OS. The van der Waals surface area contributed by atoms with Crippen LogP contribution in [0.3, 0.4) is 0 Å². The Kier molecular flexibility index (Phi) is 4.47. The Morgan fingerprint density at radius 1 is 1.44 bits per heavy atom. The van der Waals surface area contributed by atoms with Crippen molar-refractivity contribution in [1.82, 2.24) is 10.3 Å². The van der Waals surface area contributed by atoms with Crippen LogP contribution in [0.25, 0.3) is 10.2 Å². The molecule has 0 bridgehead atoms. The Morgan fingerprint density at radius 3 is 3.06 bits per heavy atom. The van der Waals surface area contributed by atoms with E-state index in [2.05, 4.69) is 22.9 Å². The number of rotatable bonds is 6. The number of hydrogen-bond acceptors (Lipinski definition) is 3. The van der Waals surface area contributed by atoms with Crippen molar-refractivity contribution in [3.05, 3.63) is 41.9 Å². The molecule has 0 atom stereocenters. The molecule has 0 fully saturated rings. The van der Waals surface area contributed by atoms with E-state index in [-0.39, 0.29) is 5.91 Å². The molecule has 1 aromatic carbocycles. The van der Waals surface area contributed by atoms with E-state index in [1.165, 1.54) is 4.70 Å². The first kappa shape index (κ1) is 12.8. The van der Waals surface area contributed by atoms with Gasteiger partial charge < -0.3 is 5.32 Å². The topological polar surface area (TPSA) is 42.0 Å². The minimum absolute atomic E-state index is 0.0797. The molecule has 1 heterocycles. The highest BCUT2D eigenvalue weighted by atomic mass is 32.1. The summed E-state index contributed by atoms with van der Waals surface area (Å²) in [6.45, 7) is 4.28. The molecule has 0 unspecified atom stereocenters. The van der Waals surface area contributed by atoms with Crippen LogP contribution >= 0.6 is 11.3 Å². The number of thiazole rings is 1. The molecule has 18 heavy (non-hydrogen) atoms. The summed E-state index contributed by atoms with van der Waals surface area (Å²) in [5, 5.41) is 3.88. The lowest BCUT2D eigenvalue weighted by atomic mass is 10.3. The van der Waals surface area contributed by atoms with Crippen LogP contribution in [0, 0.1) is 0 Å². The van der Waals surface area contributed by atoms with Crippen molar-refractivity contribution < 1.29 is 4.79 Å². The van der Waals surface area contributed by atoms with Crippen molar-refractivity contribution in [2.45, 2.75) is 19.3 Å². The summed E-state index contributed by atoms with van der Waals surface area (Å²) in [4.78, 5) is 16.0. The van der Waals surface area contributed by atoms with Crippen molar-refractivity contribution in [2.75, 3.05) is 6.54 Å². The van der Waals surface area contributed by atoms with Gasteiger partial charge in [-0.3, -0.25) is 4.79 Å². The zero-order chi connectivity index (χ0) is 12.8. The van der Waals surface area contributed by atoms with E-state index < -0.39 is 0 Å². The Balaban J connectivity index is 1.86. The Bertz CT molecular complexity index is 514. The van der Waals surface area contributed by atoms with Gasteiger partial charge in [-0.2, -0.15) is 0 Å². The van der Waals surface area contributed by atoms with E-state index >= 15 is 0 Å². The second-order valence-electron chi connectivity index (χ2n) is 4.00. The minimum Gasteiger partial charge on any atom is -0.356 e. The van der Waals surface area contributed by atoms with E-state index in [1.54, 1.807) is 17.4 Å². The molecule has 1 aromatic heterocycles. The number of hydrogen-bond donors (Lipinski definition) is 1. The highest BCUT2D eigenvalue weighted by Crippen LogP contribution is 2.22. The zero-order valence-electron chi connectivity index (χ0n) is 10.2. The summed E-state index contributed by atoms with van der Waals surface area (Å²) < 4.78 is 1.18. The molecule has 4 heteroatoms. The number of nitrogens with one attached hydrogen (secondary N) is 1. The number of fused-ring (bicyclic) bond motifs is 1. The largest absolute Gasteiger partial charge is 0.356 e. The number of aryl methyl sites for hydroxylation is 1. The van der Waals surface area contributed by atoms with Gasteiger partial charge in [0, 0.05) is 19.4 Å². The maximum absolute atomic E-state index is 11.5. The van der Waals surface area contributed by atoms with Crippen molar-refractivity contribution in [3.63, 3.8) is 0 Å². The van der Waals surface area contributed by atoms with Gasteiger partial charge in [0.05, 0.1) is 15.2 Å². The van der Waals surface area contributed by atoms with Crippen LogP contribution in [-0.4, -0.2) is 17.4 Å².